The Labute approximate surface area is 103 Å². The molecule has 0 saturated heterocycles. The van der Waals surface area contributed by atoms with Crippen LogP contribution in [-0.2, 0) is 36.4 Å². The van der Waals surface area contributed by atoms with Crippen LogP contribution < -0.4 is 8.32 Å². The van der Waals surface area contributed by atoms with Gasteiger partial charge in [-0.1, -0.05) is 0 Å². The monoisotopic (exact) mass is 298 g/mol. The average Bonchev–Trinajstić information content (AvgIpc) is 2.74. The molecular formula is C10H10Cr2O4. The van der Waals surface area contributed by atoms with E-state index < -0.39 is 13.6 Å². The molecule has 0 amide bonds. The Morgan fingerprint density at radius 2 is 1.38 bits per heavy atom. The van der Waals surface area contributed by atoms with Crippen molar-refractivity contribution >= 4 is 0 Å². The van der Waals surface area contributed by atoms with E-state index in [1.807, 2.05) is 0 Å². The molecule has 0 fully saturated rings. The normalized spacial score (nSPS) is 17.6. The fourth-order valence-corrected chi connectivity index (χ4v) is 2.72. The third-order valence-corrected chi connectivity index (χ3v) is 3.50. The first-order valence-electron chi connectivity index (χ1n) is 4.51. The molecule has 16 heavy (non-hydrogen) atoms. The van der Waals surface area contributed by atoms with Gasteiger partial charge in [-0.3, -0.25) is 0 Å². The summed E-state index contributed by atoms with van der Waals surface area (Å²) in [5.41, 5.74) is 0. The molecule has 0 bridgehead atoms. The Bertz CT molecular complexity index is 419. The summed E-state index contributed by atoms with van der Waals surface area (Å²) in [6, 6.07) is 0. The molecule has 0 aromatic carbocycles. The molecule has 0 atom stereocenters. The number of allylic oxidation sites excluding steroid dienone is 8. The molecule has 0 spiro atoms. The molecular weight excluding hydrogens is 288 g/mol. The molecule has 86 valence electrons. The van der Waals surface area contributed by atoms with Gasteiger partial charge in [0.15, 0.2) is 0 Å². The molecule has 2 aliphatic rings. The molecule has 6 heteroatoms. The summed E-state index contributed by atoms with van der Waals surface area (Å²) in [5, 5.41) is 0. The van der Waals surface area contributed by atoms with Crippen LogP contribution in [0.4, 0.5) is 0 Å². The van der Waals surface area contributed by atoms with Crippen molar-refractivity contribution < 1.29 is 44.8 Å². The van der Waals surface area contributed by atoms with Crippen molar-refractivity contribution in [2.24, 2.45) is 0 Å². The maximum atomic E-state index is 8.59. The molecule has 4 nitrogen and oxygen atoms in total. The molecule has 0 aromatic heterocycles. The van der Waals surface area contributed by atoms with Crippen molar-refractivity contribution in [2.75, 3.05) is 0 Å². The van der Waals surface area contributed by atoms with Crippen LogP contribution in [0.1, 0.15) is 12.8 Å². The minimum atomic E-state index is -5.75. The number of hydrogen-bond acceptors (Lipinski definition) is 4. The molecule has 2 aliphatic carbocycles. The Morgan fingerprint density at radius 3 is 1.62 bits per heavy atom. The number of rotatable bonds is 2. The van der Waals surface area contributed by atoms with Crippen molar-refractivity contribution in [2.45, 2.75) is 12.8 Å². The van der Waals surface area contributed by atoms with Gasteiger partial charge in [0.25, 0.3) is 0 Å². The van der Waals surface area contributed by atoms with Crippen molar-refractivity contribution in [3.63, 3.8) is 0 Å². The van der Waals surface area contributed by atoms with Crippen LogP contribution in [-0.4, -0.2) is 0 Å². The van der Waals surface area contributed by atoms with Gasteiger partial charge in [0.05, 0.1) is 0 Å². The van der Waals surface area contributed by atoms with E-state index in [9.17, 15) is 0 Å². The molecule has 0 aromatic rings. The van der Waals surface area contributed by atoms with Gasteiger partial charge in [-0.05, 0) is 0 Å². The van der Waals surface area contributed by atoms with Gasteiger partial charge in [-0.2, -0.15) is 0 Å². The average molecular weight is 298 g/mol. The summed E-state index contributed by atoms with van der Waals surface area (Å²) in [6.45, 7) is 0. The first kappa shape index (κ1) is 13.6. The fraction of sp³-hybridized carbons (Fsp3) is 0.200. The van der Waals surface area contributed by atoms with Crippen molar-refractivity contribution in [1.29, 1.82) is 0 Å². The van der Waals surface area contributed by atoms with E-state index in [2.05, 4.69) is 36.5 Å². The summed E-state index contributed by atoms with van der Waals surface area (Å²) in [7, 11) is 0. The minimum absolute atomic E-state index is 0.632. The Morgan fingerprint density at radius 1 is 1.00 bits per heavy atom. The predicted octanol–water partition coefficient (Wildman–Crippen LogP) is 0.138. The summed E-state index contributed by atoms with van der Waals surface area (Å²) < 4.78 is 37.6. The van der Waals surface area contributed by atoms with Gasteiger partial charge < -0.3 is 0 Å². The van der Waals surface area contributed by atoms with E-state index in [1.165, 1.54) is 12.8 Å². The van der Waals surface area contributed by atoms with Gasteiger partial charge in [-0.15, -0.1) is 0 Å². The van der Waals surface area contributed by atoms with Crippen LogP contribution in [0.15, 0.2) is 45.3 Å². The van der Waals surface area contributed by atoms with E-state index in [1.54, 1.807) is 8.87 Å². The van der Waals surface area contributed by atoms with E-state index in [0.717, 1.165) is 0 Å². The molecule has 2 rings (SSSR count). The van der Waals surface area contributed by atoms with Gasteiger partial charge in [0, 0.05) is 0 Å². The Hall–Kier alpha value is -0.455. The molecule has 0 N–H and O–H groups in total. The second kappa shape index (κ2) is 6.32. The zero-order chi connectivity index (χ0) is 12.0. The van der Waals surface area contributed by atoms with Crippen LogP contribution in [0.2, 0.25) is 0 Å². The molecule has 0 heterocycles. The third kappa shape index (κ3) is 6.92. The zero-order valence-electron chi connectivity index (χ0n) is 8.33. The van der Waals surface area contributed by atoms with Crippen molar-refractivity contribution in [1.82, 2.24) is 0 Å². The van der Waals surface area contributed by atoms with Crippen LogP contribution in [0.5, 0.6) is 0 Å². The standard InChI is InChI=1S/2C5H5.2Cr.4O/c2*1-2-4-5-3-1;;;;;;/h2*1-3H,4H2;;;;;;/q;;;+2;;;2*-1. The van der Waals surface area contributed by atoms with E-state index in [4.69, 9.17) is 15.9 Å². The van der Waals surface area contributed by atoms with E-state index >= 15 is 0 Å². The SMILES string of the molecule is C1=CC[C]([Cr+2][C]2=CC=CC2)=C1.[O]=[Cr](=[O])([O-])[O-]. The molecule has 0 aliphatic heterocycles. The fourth-order valence-electron chi connectivity index (χ4n) is 1.17. The van der Waals surface area contributed by atoms with E-state index in [0.29, 0.717) is 15.2 Å². The van der Waals surface area contributed by atoms with Gasteiger partial charge >= 0.3 is 103 Å². The summed E-state index contributed by atoms with van der Waals surface area (Å²) >= 11 is -5.12. The summed E-state index contributed by atoms with van der Waals surface area (Å²) in [4.78, 5) is 0. The topological polar surface area (TPSA) is 80.3 Å². The third-order valence-electron chi connectivity index (χ3n) is 1.74. The number of hydrogen-bond donors (Lipinski definition) is 0. The Balaban J connectivity index is 0.000000221. The molecule has 0 radical (unpaired) electrons. The zero-order valence-corrected chi connectivity index (χ0v) is 10.9. The molecule has 0 unspecified atom stereocenters. The quantitative estimate of drug-likeness (QED) is 0.726. The first-order valence-corrected chi connectivity index (χ1v) is 7.87. The van der Waals surface area contributed by atoms with E-state index in [-0.39, 0.29) is 0 Å². The predicted molar refractivity (Wildman–Crippen MR) is 45.1 cm³/mol. The summed E-state index contributed by atoms with van der Waals surface area (Å²) in [6.07, 6.45) is 15.7. The van der Waals surface area contributed by atoms with Gasteiger partial charge in [0.1, 0.15) is 0 Å². The van der Waals surface area contributed by atoms with Crippen molar-refractivity contribution in [3.8, 4) is 0 Å². The Kier molecular flexibility index (Phi) is 5.38. The second-order valence-electron chi connectivity index (χ2n) is 3.04. The van der Waals surface area contributed by atoms with Gasteiger partial charge in [-0.25, -0.2) is 0 Å². The summed E-state index contributed by atoms with van der Waals surface area (Å²) in [5.74, 6) is 0. The maximum absolute atomic E-state index is 8.59. The van der Waals surface area contributed by atoms with Crippen LogP contribution in [0.25, 0.3) is 0 Å². The van der Waals surface area contributed by atoms with Crippen molar-refractivity contribution in [3.05, 3.63) is 45.3 Å². The second-order valence-corrected chi connectivity index (χ2v) is 6.27. The van der Waals surface area contributed by atoms with Crippen LogP contribution in [0, 0.1) is 0 Å². The first-order chi connectivity index (χ1) is 7.45. The van der Waals surface area contributed by atoms with Crippen LogP contribution in [0.3, 0.4) is 0 Å². The molecule has 0 saturated carbocycles. The van der Waals surface area contributed by atoms with Gasteiger partial charge in [0.2, 0.25) is 0 Å². The van der Waals surface area contributed by atoms with Crippen LogP contribution >= 0.6 is 0 Å².